The highest BCUT2D eigenvalue weighted by Gasteiger charge is 2.08. The third kappa shape index (κ3) is 2.88. The van der Waals surface area contributed by atoms with E-state index in [1.54, 1.807) is 25.3 Å². The molecule has 1 aromatic carbocycles. The number of esters is 1. The van der Waals surface area contributed by atoms with Crippen molar-refractivity contribution in [1.29, 1.82) is 0 Å². The molecule has 0 aliphatic heterocycles. The van der Waals surface area contributed by atoms with E-state index in [2.05, 4.69) is 15.0 Å². The summed E-state index contributed by atoms with van der Waals surface area (Å²) >= 11 is 0. The van der Waals surface area contributed by atoms with Crippen LogP contribution in [0.25, 0.3) is 22.8 Å². The van der Waals surface area contributed by atoms with E-state index in [0.717, 1.165) is 17.0 Å². The third-order valence-electron chi connectivity index (χ3n) is 3.19. The van der Waals surface area contributed by atoms with E-state index in [-0.39, 0.29) is 5.97 Å². The predicted octanol–water partition coefficient (Wildman–Crippen LogP) is 3.32. The molecule has 2 aromatic heterocycles. The van der Waals surface area contributed by atoms with Crippen LogP contribution in [0.5, 0.6) is 0 Å². The Labute approximate surface area is 128 Å². The van der Waals surface area contributed by atoms with Crippen LogP contribution in [0.1, 0.15) is 17.3 Å². The van der Waals surface area contributed by atoms with E-state index < -0.39 is 0 Å². The van der Waals surface area contributed by atoms with Gasteiger partial charge < -0.3 is 9.72 Å². The normalized spacial score (nSPS) is 10.4. The van der Waals surface area contributed by atoms with Crippen LogP contribution in [0.2, 0.25) is 0 Å². The summed E-state index contributed by atoms with van der Waals surface area (Å²) in [5, 5.41) is 0. The summed E-state index contributed by atoms with van der Waals surface area (Å²) in [7, 11) is 0. The van der Waals surface area contributed by atoms with Crippen LogP contribution in [0.4, 0.5) is 0 Å². The van der Waals surface area contributed by atoms with E-state index in [4.69, 9.17) is 4.74 Å². The largest absolute Gasteiger partial charge is 0.462 e. The van der Waals surface area contributed by atoms with E-state index in [1.807, 2.05) is 36.5 Å². The molecule has 0 fully saturated rings. The van der Waals surface area contributed by atoms with Crippen molar-refractivity contribution < 1.29 is 9.53 Å². The highest BCUT2D eigenvalue weighted by Crippen LogP contribution is 2.20. The van der Waals surface area contributed by atoms with E-state index in [9.17, 15) is 4.79 Å². The SMILES string of the molecule is CCOC(=O)c1ccc(-c2ccnc(-c3ccc[nH]3)n2)cc1. The number of carbonyl (C=O) groups excluding carboxylic acids is 1. The van der Waals surface area contributed by atoms with Gasteiger partial charge in [-0.15, -0.1) is 0 Å². The summed E-state index contributed by atoms with van der Waals surface area (Å²) in [4.78, 5) is 23.5. The first kappa shape index (κ1) is 14.0. The zero-order valence-electron chi connectivity index (χ0n) is 12.1. The van der Waals surface area contributed by atoms with Crippen LogP contribution >= 0.6 is 0 Å². The van der Waals surface area contributed by atoms with Gasteiger partial charge in [0.15, 0.2) is 5.82 Å². The topological polar surface area (TPSA) is 67.9 Å². The van der Waals surface area contributed by atoms with Crippen molar-refractivity contribution >= 4 is 5.97 Å². The summed E-state index contributed by atoms with van der Waals surface area (Å²) in [6.45, 7) is 2.15. The van der Waals surface area contributed by atoms with Gasteiger partial charge in [0.1, 0.15) is 0 Å². The van der Waals surface area contributed by atoms with Crippen molar-refractivity contribution in [1.82, 2.24) is 15.0 Å². The molecule has 0 saturated carbocycles. The van der Waals surface area contributed by atoms with Crippen molar-refractivity contribution in [2.45, 2.75) is 6.92 Å². The van der Waals surface area contributed by atoms with Gasteiger partial charge in [0.25, 0.3) is 0 Å². The maximum Gasteiger partial charge on any atom is 0.338 e. The molecule has 3 aromatic rings. The first-order valence-electron chi connectivity index (χ1n) is 7.02. The lowest BCUT2D eigenvalue weighted by Gasteiger charge is -2.05. The highest BCUT2D eigenvalue weighted by atomic mass is 16.5. The molecule has 0 aliphatic carbocycles. The lowest BCUT2D eigenvalue weighted by molar-refractivity contribution is 0.0526. The van der Waals surface area contributed by atoms with E-state index in [1.165, 1.54) is 0 Å². The van der Waals surface area contributed by atoms with Crippen molar-refractivity contribution in [3.05, 3.63) is 60.4 Å². The van der Waals surface area contributed by atoms with Crippen molar-refractivity contribution in [3.8, 4) is 22.8 Å². The summed E-state index contributed by atoms with van der Waals surface area (Å²) in [5.41, 5.74) is 3.12. The van der Waals surface area contributed by atoms with Gasteiger partial charge in [-0.3, -0.25) is 0 Å². The van der Waals surface area contributed by atoms with Crippen molar-refractivity contribution in [2.24, 2.45) is 0 Å². The Morgan fingerprint density at radius 3 is 2.68 bits per heavy atom. The molecular weight excluding hydrogens is 278 g/mol. The molecule has 0 saturated heterocycles. The number of ether oxygens (including phenoxy) is 1. The monoisotopic (exact) mass is 293 g/mol. The number of hydrogen-bond acceptors (Lipinski definition) is 4. The van der Waals surface area contributed by atoms with Gasteiger partial charge in [0, 0.05) is 18.0 Å². The number of nitrogens with one attached hydrogen (secondary N) is 1. The van der Waals surface area contributed by atoms with Gasteiger partial charge in [0.2, 0.25) is 0 Å². The zero-order chi connectivity index (χ0) is 15.4. The quantitative estimate of drug-likeness (QED) is 0.749. The van der Waals surface area contributed by atoms with Gasteiger partial charge in [-0.1, -0.05) is 12.1 Å². The number of carbonyl (C=O) groups is 1. The second-order valence-corrected chi connectivity index (χ2v) is 4.65. The number of benzene rings is 1. The molecule has 5 heteroatoms. The van der Waals surface area contributed by atoms with E-state index >= 15 is 0 Å². The Balaban J connectivity index is 1.88. The number of nitrogens with zero attached hydrogens (tertiary/aromatic N) is 2. The van der Waals surface area contributed by atoms with Crippen LogP contribution in [0.3, 0.4) is 0 Å². The second kappa shape index (κ2) is 6.22. The Hall–Kier alpha value is -2.95. The fourth-order valence-corrected chi connectivity index (χ4v) is 2.11. The number of rotatable bonds is 4. The minimum absolute atomic E-state index is 0.316. The number of H-pyrrole nitrogens is 1. The lowest BCUT2D eigenvalue weighted by Crippen LogP contribution is -2.04. The maximum atomic E-state index is 11.7. The number of hydrogen-bond donors (Lipinski definition) is 1. The number of aromatic nitrogens is 3. The first-order chi connectivity index (χ1) is 10.8. The van der Waals surface area contributed by atoms with Crippen LogP contribution < -0.4 is 0 Å². The summed E-state index contributed by atoms with van der Waals surface area (Å²) in [6, 6.07) is 12.8. The molecule has 1 N–H and O–H groups in total. The molecule has 0 amide bonds. The van der Waals surface area contributed by atoms with Gasteiger partial charge in [0.05, 0.1) is 23.6 Å². The van der Waals surface area contributed by atoms with Crippen molar-refractivity contribution in [2.75, 3.05) is 6.61 Å². The molecule has 0 radical (unpaired) electrons. The summed E-state index contributed by atoms with van der Waals surface area (Å²) < 4.78 is 4.97. The minimum atomic E-state index is -0.316. The Bertz CT molecular complexity index is 765. The van der Waals surface area contributed by atoms with Crippen LogP contribution in [0.15, 0.2) is 54.9 Å². The standard InChI is InChI=1S/C17H15N3O2/c1-2-22-17(21)13-7-5-12(6-8-13)14-9-11-19-16(20-14)15-4-3-10-18-15/h3-11,18H,2H2,1H3. The zero-order valence-corrected chi connectivity index (χ0v) is 12.1. The molecule has 0 spiro atoms. The molecule has 0 bridgehead atoms. The van der Waals surface area contributed by atoms with Crippen molar-refractivity contribution in [3.63, 3.8) is 0 Å². The smallest absolute Gasteiger partial charge is 0.338 e. The Kier molecular flexibility index (Phi) is 3.96. The van der Waals surface area contributed by atoms with Crippen LogP contribution in [-0.4, -0.2) is 27.5 Å². The predicted molar refractivity (Wildman–Crippen MR) is 83.2 cm³/mol. The number of aromatic amines is 1. The molecule has 22 heavy (non-hydrogen) atoms. The molecule has 0 atom stereocenters. The third-order valence-corrected chi connectivity index (χ3v) is 3.19. The first-order valence-corrected chi connectivity index (χ1v) is 7.02. The minimum Gasteiger partial charge on any atom is -0.462 e. The fraction of sp³-hybridized carbons (Fsp3) is 0.118. The average Bonchev–Trinajstić information content (AvgIpc) is 3.10. The summed E-state index contributed by atoms with van der Waals surface area (Å²) in [5.74, 6) is 0.320. The van der Waals surface area contributed by atoms with Crippen LogP contribution in [-0.2, 0) is 4.74 Å². The molecule has 0 unspecified atom stereocenters. The highest BCUT2D eigenvalue weighted by molar-refractivity contribution is 5.90. The average molecular weight is 293 g/mol. The Morgan fingerprint density at radius 2 is 2.00 bits per heavy atom. The van der Waals surface area contributed by atoms with E-state index in [0.29, 0.717) is 18.0 Å². The molecule has 0 aliphatic rings. The summed E-state index contributed by atoms with van der Waals surface area (Å²) in [6.07, 6.45) is 3.55. The molecule has 3 rings (SSSR count). The molecular formula is C17H15N3O2. The van der Waals surface area contributed by atoms with Gasteiger partial charge in [-0.05, 0) is 37.3 Å². The van der Waals surface area contributed by atoms with Gasteiger partial charge in [-0.2, -0.15) is 0 Å². The second-order valence-electron chi connectivity index (χ2n) is 4.65. The molecule has 110 valence electrons. The maximum absolute atomic E-state index is 11.7. The van der Waals surface area contributed by atoms with Gasteiger partial charge >= 0.3 is 5.97 Å². The fourth-order valence-electron chi connectivity index (χ4n) is 2.11. The van der Waals surface area contributed by atoms with Gasteiger partial charge in [-0.25, -0.2) is 14.8 Å². The van der Waals surface area contributed by atoms with Crippen LogP contribution in [0, 0.1) is 0 Å². The molecule has 2 heterocycles. The lowest BCUT2D eigenvalue weighted by atomic mass is 10.1. The Morgan fingerprint density at radius 1 is 1.18 bits per heavy atom. The molecule has 5 nitrogen and oxygen atoms in total.